The van der Waals surface area contributed by atoms with Gasteiger partial charge in [-0.1, -0.05) is 55.1 Å². The van der Waals surface area contributed by atoms with E-state index in [1.807, 2.05) is 36.4 Å². The van der Waals surface area contributed by atoms with Gasteiger partial charge >= 0.3 is 17.9 Å². The third kappa shape index (κ3) is 13.6. The number of nitrogens with two attached hydrogens (primary N) is 1. The highest BCUT2D eigenvalue weighted by molar-refractivity contribution is 6.04. The first-order chi connectivity index (χ1) is 11.8. The highest BCUT2D eigenvalue weighted by atomic mass is 16.6. The number of benzene rings is 1. The molecule has 7 nitrogen and oxygen atoms in total. The molecule has 130 valence electrons. The number of ether oxygens (including phenoxy) is 1. The summed E-state index contributed by atoms with van der Waals surface area (Å²) in [5, 5.41) is 8.29. The number of allylic oxidation sites excluding steroid dienone is 2. The average Bonchev–Trinajstić information content (AvgIpc) is 2.96. The molecule has 0 unspecified atom stereocenters. The fourth-order valence-electron chi connectivity index (χ4n) is 1.17. The average molecular weight is 343 g/mol. The van der Waals surface area contributed by atoms with Crippen molar-refractivity contribution in [2.75, 3.05) is 0 Å². The Kier molecular flexibility index (Phi) is 10.9. The van der Waals surface area contributed by atoms with Crippen LogP contribution < -0.4 is 5.73 Å². The molecule has 0 aliphatic carbocycles. The van der Waals surface area contributed by atoms with Gasteiger partial charge in [0.05, 0.1) is 0 Å². The molecule has 0 bridgehead atoms. The smallest absolute Gasteiger partial charge is 0.338 e. The monoisotopic (exact) mass is 343 g/mol. The molecule has 7 heteroatoms. The summed E-state index contributed by atoms with van der Waals surface area (Å²) < 4.78 is 3.97. The van der Waals surface area contributed by atoms with Gasteiger partial charge in [0.1, 0.15) is 0 Å². The molecule has 0 saturated carbocycles. The molecule has 0 aromatic heterocycles. The van der Waals surface area contributed by atoms with Gasteiger partial charge in [0, 0.05) is 18.2 Å². The van der Waals surface area contributed by atoms with Crippen LogP contribution in [0.15, 0.2) is 73.4 Å². The molecule has 1 aliphatic heterocycles. The minimum atomic E-state index is -0.933. The summed E-state index contributed by atoms with van der Waals surface area (Å²) >= 11 is 0. The Balaban J connectivity index is 0.000000401. The zero-order chi connectivity index (χ0) is 19.1. The lowest BCUT2D eigenvalue weighted by Gasteiger charge is -1.87. The molecule has 0 saturated heterocycles. The predicted octanol–water partition coefficient (Wildman–Crippen LogP) is 1.62. The summed E-state index contributed by atoms with van der Waals surface area (Å²) in [5.41, 5.74) is 5.59. The zero-order valence-corrected chi connectivity index (χ0v) is 13.2. The number of rotatable bonds is 4. The second-order valence-electron chi connectivity index (χ2n) is 4.15. The minimum Gasteiger partial charge on any atom is -0.478 e. The second-order valence-corrected chi connectivity index (χ2v) is 4.15. The largest absolute Gasteiger partial charge is 0.478 e. The van der Waals surface area contributed by atoms with Gasteiger partial charge in [-0.3, -0.25) is 4.79 Å². The fraction of sp³-hybridized carbons (Fsp3) is 0. The number of carbonyl (C=O) groups is 4. The van der Waals surface area contributed by atoms with Gasteiger partial charge in [-0.05, 0) is 11.6 Å². The Morgan fingerprint density at radius 1 is 1.04 bits per heavy atom. The summed E-state index contributed by atoms with van der Waals surface area (Å²) in [5.74, 6) is -2.57. The van der Waals surface area contributed by atoms with E-state index in [4.69, 9.17) is 5.11 Å². The van der Waals surface area contributed by atoms with Crippen LogP contribution in [-0.2, 0) is 23.9 Å². The highest BCUT2D eigenvalue weighted by Gasteiger charge is 2.10. The first-order valence-corrected chi connectivity index (χ1v) is 6.83. The first-order valence-electron chi connectivity index (χ1n) is 6.83. The molecule has 0 spiro atoms. The van der Waals surface area contributed by atoms with Crippen molar-refractivity contribution in [3.8, 4) is 0 Å². The molecule has 1 aromatic carbocycles. The van der Waals surface area contributed by atoms with Crippen molar-refractivity contribution in [3.63, 3.8) is 0 Å². The van der Waals surface area contributed by atoms with Crippen molar-refractivity contribution < 1.29 is 29.0 Å². The van der Waals surface area contributed by atoms with Crippen LogP contribution in [0.1, 0.15) is 5.56 Å². The van der Waals surface area contributed by atoms with E-state index < -0.39 is 23.8 Å². The number of carboxylic acid groups (broad SMARTS) is 1. The van der Waals surface area contributed by atoms with Crippen LogP contribution in [-0.4, -0.2) is 28.9 Å². The molecule has 1 aliphatic rings. The number of aliphatic carboxylic acids is 1. The minimum absolute atomic E-state index is 0.481. The van der Waals surface area contributed by atoms with E-state index in [-0.39, 0.29) is 0 Å². The van der Waals surface area contributed by atoms with Crippen molar-refractivity contribution in [3.05, 3.63) is 78.9 Å². The molecule has 3 N–H and O–H groups in total. The Morgan fingerprint density at radius 2 is 1.56 bits per heavy atom. The molecule has 2 rings (SSSR count). The highest BCUT2D eigenvalue weighted by Crippen LogP contribution is 2.00. The normalized spacial score (nSPS) is 12.0. The number of cyclic esters (lactones) is 2. The Hall–Kier alpha value is -3.74. The van der Waals surface area contributed by atoms with Crippen molar-refractivity contribution in [2.45, 2.75) is 0 Å². The van der Waals surface area contributed by atoms with E-state index in [2.05, 4.69) is 17.0 Å². The topological polar surface area (TPSA) is 124 Å². The van der Waals surface area contributed by atoms with Crippen molar-refractivity contribution >= 4 is 29.9 Å². The molecule has 0 atom stereocenters. The van der Waals surface area contributed by atoms with Gasteiger partial charge in [0.2, 0.25) is 5.91 Å². The fourth-order valence-corrected chi connectivity index (χ4v) is 1.17. The van der Waals surface area contributed by atoms with Gasteiger partial charge in [-0.15, -0.1) is 0 Å². The Labute approximate surface area is 144 Å². The van der Waals surface area contributed by atoms with Gasteiger partial charge in [-0.2, -0.15) is 0 Å². The van der Waals surface area contributed by atoms with Crippen LogP contribution in [0.25, 0.3) is 6.08 Å². The SMILES string of the molecule is C=CC(N)=O.O=C(O)C=CC=Cc1ccccc1.O=C1C=CC(=O)O1. The van der Waals surface area contributed by atoms with Gasteiger partial charge in [-0.25, -0.2) is 14.4 Å². The zero-order valence-electron chi connectivity index (χ0n) is 13.2. The van der Waals surface area contributed by atoms with Crippen molar-refractivity contribution in [1.29, 1.82) is 0 Å². The summed E-state index contributed by atoms with van der Waals surface area (Å²) in [6, 6.07) is 9.70. The quantitative estimate of drug-likeness (QED) is 0.370. The van der Waals surface area contributed by atoms with Gasteiger partial charge < -0.3 is 15.6 Å². The van der Waals surface area contributed by atoms with Crippen molar-refractivity contribution in [1.82, 2.24) is 0 Å². The summed E-state index contributed by atoms with van der Waals surface area (Å²) in [6.45, 7) is 3.09. The molecule has 0 radical (unpaired) electrons. The number of amides is 1. The van der Waals surface area contributed by atoms with Crippen LogP contribution >= 0.6 is 0 Å². The Bertz CT molecular complexity index is 686. The van der Waals surface area contributed by atoms with E-state index in [9.17, 15) is 19.2 Å². The lowest BCUT2D eigenvalue weighted by molar-refractivity contribution is -0.150. The molecular weight excluding hydrogens is 326 g/mol. The number of carboxylic acids is 1. The number of hydrogen-bond acceptors (Lipinski definition) is 5. The molecule has 0 fully saturated rings. The molecular formula is C18H17NO6. The van der Waals surface area contributed by atoms with E-state index in [1.54, 1.807) is 6.08 Å². The van der Waals surface area contributed by atoms with E-state index in [1.165, 1.54) is 6.08 Å². The van der Waals surface area contributed by atoms with Crippen molar-refractivity contribution in [2.24, 2.45) is 5.73 Å². The molecule has 1 amide bonds. The number of esters is 2. The summed E-state index contributed by atoms with van der Waals surface area (Å²) in [4.78, 5) is 39.4. The van der Waals surface area contributed by atoms with Gasteiger partial charge in [0.25, 0.3) is 0 Å². The number of primary amides is 1. The maximum Gasteiger partial charge on any atom is 0.338 e. The van der Waals surface area contributed by atoms with E-state index in [0.29, 0.717) is 0 Å². The van der Waals surface area contributed by atoms with Crippen LogP contribution in [0.5, 0.6) is 0 Å². The standard InChI is InChI=1S/C11H10O2.C4H2O3.C3H5NO/c12-11(13)9-5-4-8-10-6-2-1-3-7-10;5-3-1-2-4(6)7-3;1-2-3(4)5/h1-9H,(H,12,13);1-2H;2H,1H2,(H2,4,5). The molecule has 25 heavy (non-hydrogen) atoms. The third-order valence-electron chi connectivity index (χ3n) is 2.20. The van der Waals surface area contributed by atoms with Crippen LogP contribution in [0.4, 0.5) is 0 Å². The first kappa shape index (κ1) is 21.3. The van der Waals surface area contributed by atoms with E-state index >= 15 is 0 Å². The Morgan fingerprint density at radius 3 is 1.92 bits per heavy atom. The maximum absolute atomic E-state index is 10.1. The van der Waals surface area contributed by atoms with Crippen LogP contribution in [0, 0.1) is 0 Å². The third-order valence-corrected chi connectivity index (χ3v) is 2.20. The van der Waals surface area contributed by atoms with Crippen LogP contribution in [0.3, 0.4) is 0 Å². The van der Waals surface area contributed by atoms with Crippen LogP contribution in [0.2, 0.25) is 0 Å². The predicted molar refractivity (Wildman–Crippen MR) is 91.9 cm³/mol. The van der Waals surface area contributed by atoms with E-state index in [0.717, 1.165) is 29.9 Å². The van der Waals surface area contributed by atoms with Gasteiger partial charge in [0.15, 0.2) is 0 Å². The maximum atomic E-state index is 10.1. The number of carbonyl (C=O) groups excluding carboxylic acids is 3. The second kappa shape index (κ2) is 12.8. The molecule has 1 heterocycles. The lowest BCUT2D eigenvalue weighted by atomic mass is 10.2. The summed E-state index contributed by atoms with van der Waals surface area (Å²) in [6.07, 6.45) is 9.36. The number of hydrogen-bond donors (Lipinski definition) is 2. The lowest BCUT2D eigenvalue weighted by Crippen LogP contribution is -2.04. The molecule has 1 aromatic rings. The summed E-state index contributed by atoms with van der Waals surface area (Å²) in [7, 11) is 0.